The van der Waals surface area contributed by atoms with Crippen molar-refractivity contribution in [2.75, 3.05) is 7.11 Å². The normalized spacial score (nSPS) is 19.5. The molecule has 0 atom stereocenters. The second kappa shape index (κ2) is 6.76. The van der Waals surface area contributed by atoms with Crippen LogP contribution in [0.1, 0.15) is 71.1 Å². The first-order valence-corrected chi connectivity index (χ1v) is 11.0. The van der Waals surface area contributed by atoms with E-state index in [1.165, 1.54) is 28.7 Å². The van der Waals surface area contributed by atoms with E-state index in [4.69, 9.17) is 4.74 Å². The lowest BCUT2D eigenvalue weighted by molar-refractivity contribution is 0.0645. The predicted molar refractivity (Wildman–Crippen MR) is 131 cm³/mol. The third-order valence-corrected chi connectivity index (χ3v) is 7.38. The van der Waals surface area contributed by atoms with E-state index >= 15 is 0 Å². The van der Waals surface area contributed by atoms with Crippen molar-refractivity contribution in [3.05, 3.63) is 59.2 Å². The molecule has 0 heterocycles. The van der Waals surface area contributed by atoms with Crippen LogP contribution in [0.25, 0.3) is 21.9 Å². The lowest BCUT2D eigenvalue weighted by atomic mass is 9.52. The average molecular weight is 417 g/mol. The van der Waals surface area contributed by atoms with Gasteiger partial charge in [0.15, 0.2) is 0 Å². The highest BCUT2D eigenvalue weighted by Gasteiger charge is 2.53. The maximum atomic E-state index is 11.1. The van der Waals surface area contributed by atoms with Crippen molar-refractivity contribution in [3.63, 3.8) is 0 Å². The van der Waals surface area contributed by atoms with Crippen molar-refractivity contribution in [3.8, 4) is 22.6 Å². The van der Waals surface area contributed by atoms with E-state index in [0.717, 1.165) is 34.9 Å². The number of hydrogen-bond acceptors (Lipinski definition) is 2. The summed E-state index contributed by atoms with van der Waals surface area (Å²) in [6, 6.07) is 15.2. The number of aromatic hydroxyl groups is 1. The van der Waals surface area contributed by atoms with Gasteiger partial charge in [0.05, 0.1) is 7.11 Å². The number of ether oxygens (including phenoxy) is 1. The van der Waals surface area contributed by atoms with Crippen LogP contribution < -0.4 is 4.74 Å². The topological polar surface area (TPSA) is 29.5 Å². The van der Waals surface area contributed by atoms with E-state index in [-0.39, 0.29) is 23.7 Å². The number of fused-ring (bicyclic) bond motifs is 7. The number of hydrogen-bond donors (Lipinski definition) is 1. The van der Waals surface area contributed by atoms with E-state index in [1.54, 1.807) is 7.11 Å². The van der Waals surface area contributed by atoms with Crippen LogP contribution in [0.4, 0.5) is 0 Å². The Morgan fingerprint density at radius 1 is 0.839 bits per heavy atom. The minimum atomic E-state index is -0.0589. The van der Waals surface area contributed by atoms with Gasteiger partial charge < -0.3 is 9.84 Å². The molecule has 5 rings (SSSR count). The van der Waals surface area contributed by atoms with E-state index in [0.29, 0.717) is 5.75 Å². The Hall–Kier alpha value is -2.48. The van der Waals surface area contributed by atoms with Gasteiger partial charge in [-0.2, -0.15) is 0 Å². The van der Waals surface area contributed by atoms with Crippen molar-refractivity contribution in [2.24, 2.45) is 10.8 Å². The fraction of sp³-hybridized carbons (Fsp3) is 0.448. The first-order valence-electron chi connectivity index (χ1n) is 11.0. The molecule has 2 aliphatic rings. The van der Waals surface area contributed by atoms with Gasteiger partial charge in [-0.25, -0.2) is 0 Å². The molecule has 1 spiro atoms. The first kappa shape index (κ1) is 21.7. The monoisotopic (exact) mass is 416 g/mol. The predicted octanol–water partition coefficient (Wildman–Crippen LogP) is 8.00. The van der Waals surface area contributed by atoms with Crippen molar-refractivity contribution >= 4 is 10.8 Å². The van der Waals surface area contributed by atoms with Crippen LogP contribution in [-0.4, -0.2) is 12.2 Å². The maximum absolute atomic E-state index is 11.1. The summed E-state index contributed by atoms with van der Waals surface area (Å²) in [5.74, 6) is 1.18. The van der Waals surface area contributed by atoms with Gasteiger partial charge in [-0.1, -0.05) is 59.4 Å². The zero-order valence-corrected chi connectivity index (χ0v) is 19.0. The molecule has 3 aromatic carbocycles. The largest absolute Gasteiger partial charge is 0.507 e. The SMILES string of the molecule is C.COc1cc2c(O)cc3c(c2cc1C)-c1ccccc1C31CC(C)(C)CC(C)(C)C1. The molecule has 1 fully saturated rings. The molecule has 0 aromatic heterocycles. The summed E-state index contributed by atoms with van der Waals surface area (Å²) in [7, 11) is 1.69. The van der Waals surface area contributed by atoms with Gasteiger partial charge in [0.25, 0.3) is 0 Å². The molecule has 0 unspecified atom stereocenters. The number of methoxy groups -OCH3 is 1. The lowest BCUT2D eigenvalue weighted by Crippen LogP contribution is -2.43. The van der Waals surface area contributed by atoms with Gasteiger partial charge >= 0.3 is 0 Å². The second-order valence-corrected chi connectivity index (χ2v) is 11.2. The zero-order valence-electron chi connectivity index (χ0n) is 19.0. The molecule has 0 radical (unpaired) electrons. The average Bonchev–Trinajstić information content (AvgIpc) is 2.88. The number of benzene rings is 3. The fourth-order valence-corrected chi connectivity index (χ4v) is 7.19. The molecular weight excluding hydrogens is 380 g/mol. The van der Waals surface area contributed by atoms with Crippen LogP contribution in [0.3, 0.4) is 0 Å². The molecule has 0 aliphatic heterocycles. The molecule has 0 bridgehead atoms. The molecule has 1 N–H and O–H groups in total. The van der Waals surface area contributed by atoms with E-state index in [1.807, 2.05) is 6.07 Å². The molecule has 0 amide bonds. The van der Waals surface area contributed by atoms with Gasteiger partial charge in [-0.05, 0) is 88.4 Å². The summed E-state index contributed by atoms with van der Waals surface area (Å²) in [5.41, 5.74) is 6.87. The van der Waals surface area contributed by atoms with Crippen molar-refractivity contribution in [1.82, 2.24) is 0 Å². The van der Waals surface area contributed by atoms with Crippen molar-refractivity contribution in [1.29, 1.82) is 0 Å². The molecule has 3 aromatic rings. The van der Waals surface area contributed by atoms with Crippen LogP contribution in [-0.2, 0) is 5.41 Å². The molecule has 2 nitrogen and oxygen atoms in total. The number of aryl methyl sites for hydroxylation is 1. The van der Waals surface area contributed by atoms with E-state index < -0.39 is 0 Å². The summed E-state index contributed by atoms with van der Waals surface area (Å²) in [6.45, 7) is 11.7. The van der Waals surface area contributed by atoms with Gasteiger partial charge in [0, 0.05) is 10.8 Å². The Morgan fingerprint density at radius 3 is 2.13 bits per heavy atom. The molecule has 31 heavy (non-hydrogen) atoms. The van der Waals surface area contributed by atoms with E-state index in [9.17, 15) is 5.11 Å². The highest BCUT2D eigenvalue weighted by Crippen LogP contribution is 2.64. The van der Waals surface area contributed by atoms with Gasteiger partial charge in [0.2, 0.25) is 0 Å². The highest BCUT2D eigenvalue weighted by molar-refractivity contribution is 6.06. The standard InChI is InChI=1S/C28H32O2.CH4/c1-17-11-20-19(12-24(17)30-6)23(29)13-22-25(20)18-9-7-8-10-21(18)28(22)15-26(2,3)14-27(4,5)16-28;/h7-13,29H,14-16H2,1-6H3;1H4. The summed E-state index contributed by atoms with van der Waals surface area (Å²) in [6.07, 6.45) is 3.43. The molecule has 164 valence electrons. The van der Waals surface area contributed by atoms with Gasteiger partial charge in [0.1, 0.15) is 11.5 Å². The number of rotatable bonds is 1. The van der Waals surface area contributed by atoms with Crippen LogP contribution in [0.2, 0.25) is 0 Å². The smallest absolute Gasteiger partial charge is 0.123 e. The van der Waals surface area contributed by atoms with Crippen LogP contribution >= 0.6 is 0 Å². The zero-order chi connectivity index (χ0) is 21.5. The molecule has 0 saturated heterocycles. The Labute approximate surface area is 187 Å². The molecule has 2 aliphatic carbocycles. The molecule has 2 heteroatoms. The van der Waals surface area contributed by atoms with Crippen LogP contribution in [0, 0.1) is 17.8 Å². The third-order valence-electron chi connectivity index (χ3n) is 7.38. The summed E-state index contributed by atoms with van der Waals surface area (Å²) in [5, 5.41) is 13.1. The van der Waals surface area contributed by atoms with Crippen LogP contribution in [0.5, 0.6) is 11.5 Å². The second-order valence-electron chi connectivity index (χ2n) is 11.2. The molecule has 1 saturated carbocycles. The van der Waals surface area contributed by atoms with Gasteiger partial charge in [-0.3, -0.25) is 0 Å². The third kappa shape index (κ3) is 3.06. The highest BCUT2D eigenvalue weighted by atomic mass is 16.5. The number of phenolic OH excluding ortho intramolecular Hbond substituents is 1. The quantitative estimate of drug-likeness (QED) is 0.435. The fourth-order valence-electron chi connectivity index (χ4n) is 7.19. The summed E-state index contributed by atoms with van der Waals surface area (Å²) in [4.78, 5) is 0. The first-order chi connectivity index (χ1) is 14.1. The van der Waals surface area contributed by atoms with Gasteiger partial charge in [-0.15, -0.1) is 0 Å². The Balaban J connectivity index is 0.00000231. The van der Waals surface area contributed by atoms with Crippen LogP contribution in [0.15, 0.2) is 42.5 Å². The summed E-state index contributed by atoms with van der Waals surface area (Å²) < 4.78 is 5.55. The Kier molecular flexibility index (Phi) is 4.74. The lowest BCUT2D eigenvalue weighted by Gasteiger charge is -2.51. The Morgan fingerprint density at radius 2 is 1.48 bits per heavy atom. The Bertz CT molecular complexity index is 1170. The van der Waals surface area contributed by atoms with Crippen molar-refractivity contribution in [2.45, 2.75) is 66.7 Å². The maximum Gasteiger partial charge on any atom is 0.123 e. The number of phenols is 1. The van der Waals surface area contributed by atoms with E-state index in [2.05, 4.69) is 71.0 Å². The minimum absolute atomic E-state index is 0. The minimum Gasteiger partial charge on any atom is -0.507 e. The molecular formula is C29H36O2. The van der Waals surface area contributed by atoms with Crippen molar-refractivity contribution < 1.29 is 9.84 Å². The summed E-state index contributed by atoms with van der Waals surface area (Å²) >= 11 is 0.